The summed E-state index contributed by atoms with van der Waals surface area (Å²) in [7, 11) is 0. The van der Waals surface area contributed by atoms with Gasteiger partial charge in [0, 0.05) is 13.0 Å². The normalized spacial score (nSPS) is 12.1. The van der Waals surface area contributed by atoms with Gasteiger partial charge in [-0.15, -0.1) is 0 Å². The second-order valence-electron chi connectivity index (χ2n) is 4.53. The summed E-state index contributed by atoms with van der Waals surface area (Å²) in [6, 6.07) is 13.3. The molecule has 2 rings (SSSR count). The zero-order valence-electron chi connectivity index (χ0n) is 11.6. The second-order valence-corrected chi connectivity index (χ2v) is 4.53. The van der Waals surface area contributed by atoms with Crippen LogP contribution in [-0.4, -0.2) is 19.0 Å². The largest absolute Gasteiger partial charge is 0.467 e. The molecule has 2 aromatic rings. The van der Waals surface area contributed by atoms with Crippen LogP contribution in [0.25, 0.3) is 0 Å². The van der Waals surface area contributed by atoms with Gasteiger partial charge in [0.1, 0.15) is 11.8 Å². The van der Waals surface area contributed by atoms with Crippen LogP contribution in [0.4, 0.5) is 0 Å². The highest BCUT2D eigenvalue weighted by atomic mass is 16.3. The van der Waals surface area contributed by atoms with Gasteiger partial charge in [-0.1, -0.05) is 37.3 Å². The molecule has 0 bridgehead atoms. The molecular formula is C16H20N2O2. The van der Waals surface area contributed by atoms with E-state index in [4.69, 9.17) is 4.42 Å². The van der Waals surface area contributed by atoms with Crippen LogP contribution < -0.4 is 10.6 Å². The fourth-order valence-electron chi connectivity index (χ4n) is 2.03. The Hall–Kier alpha value is -2.07. The summed E-state index contributed by atoms with van der Waals surface area (Å²) in [5.41, 5.74) is 1.01. The van der Waals surface area contributed by atoms with Gasteiger partial charge in [0.25, 0.3) is 0 Å². The molecule has 4 nitrogen and oxygen atoms in total. The summed E-state index contributed by atoms with van der Waals surface area (Å²) in [4.78, 5) is 12.0. The van der Waals surface area contributed by atoms with Gasteiger partial charge in [0.15, 0.2) is 0 Å². The minimum atomic E-state index is -0.236. The zero-order chi connectivity index (χ0) is 14.2. The monoisotopic (exact) mass is 272 g/mol. The third kappa shape index (κ3) is 3.96. The first-order valence-electron chi connectivity index (χ1n) is 6.89. The van der Waals surface area contributed by atoms with Gasteiger partial charge in [-0.25, -0.2) is 0 Å². The number of carbonyl (C=O) groups is 1. The summed E-state index contributed by atoms with van der Waals surface area (Å²) in [5, 5.41) is 6.16. The molecule has 2 N–H and O–H groups in total. The number of furan rings is 1. The highest BCUT2D eigenvalue weighted by molar-refractivity contribution is 5.77. The van der Waals surface area contributed by atoms with Crippen LogP contribution in [0.5, 0.6) is 0 Å². The average Bonchev–Trinajstić information content (AvgIpc) is 3.00. The van der Waals surface area contributed by atoms with Crippen LogP contribution in [0.15, 0.2) is 53.1 Å². The van der Waals surface area contributed by atoms with Crippen molar-refractivity contribution in [1.29, 1.82) is 0 Å². The van der Waals surface area contributed by atoms with Gasteiger partial charge in [-0.3, -0.25) is 4.79 Å². The fraction of sp³-hybridized carbons (Fsp3) is 0.312. The van der Waals surface area contributed by atoms with Crippen molar-refractivity contribution in [2.75, 3.05) is 13.1 Å². The van der Waals surface area contributed by atoms with Crippen molar-refractivity contribution in [2.45, 2.75) is 19.4 Å². The summed E-state index contributed by atoms with van der Waals surface area (Å²) in [6.45, 7) is 3.57. The summed E-state index contributed by atoms with van der Waals surface area (Å²) >= 11 is 0. The van der Waals surface area contributed by atoms with Crippen LogP contribution in [0.2, 0.25) is 0 Å². The Labute approximate surface area is 119 Å². The van der Waals surface area contributed by atoms with E-state index >= 15 is 0 Å². The molecule has 0 aliphatic rings. The van der Waals surface area contributed by atoms with Crippen LogP contribution in [-0.2, 0) is 4.79 Å². The van der Waals surface area contributed by atoms with Gasteiger partial charge in [-0.05, 0) is 24.2 Å². The number of amides is 1. The summed E-state index contributed by atoms with van der Waals surface area (Å²) in [6.07, 6.45) is 2.08. The molecule has 1 unspecified atom stereocenters. The number of rotatable bonds is 7. The molecule has 0 fully saturated rings. The Kier molecular flexibility index (Phi) is 5.38. The predicted octanol–water partition coefficient (Wildman–Crippen LogP) is 2.48. The van der Waals surface area contributed by atoms with Crippen molar-refractivity contribution in [3.05, 3.63) is 60.1 Å². The Balaban J connectivity index is 2.06. The summed E-state index contributed by atoms with van der Waals surface area (Å²) < 4.78 is 5.45. The van der Waals surface area contributed by atoms with Gasteiger partial charge in [0.05, 0.1) is 6.26 Å². The SMILES string of the molecule is CCNCCC(=O)NC(c1ccccc1)c1ccco1. The minimum absolute atomic E-state index is 0.0104. The van der Waals surface area contributed by atoms with Crippen LogP contribution in [0.3, 0.4) is 0 Å². The molecule has 106 valence electrons. The standard InChI is InChI=1S/C16H20N2O2/c1-2-17-11-10-15(19)18-16(14-9-6-12-20-14)13-7-4-3-5-8-13/h3-9,12,16-17H,2,10-11H2,1H3,(H,18,19). The van der Waals surface area contributed by atoms with Gasteiger partial charge in [-0.2, -0.15) is 0 Å². The first-order valence-corrected chi connectivity index (χ1v) is 6.89. The molecule has 0 saturated carbocycles. The van der Waals surface area contributed by atoms with Gasteiger partial charge < -0.3 is 15.1 Å². The van der Waals surface area contributed by atoms with E-state index in [0.717, 1.165) is 17.9 Å². The van der Waals surface area contributed by atoms with Gasteiger partial charge in [0.2, 0.25) is 5.91 Å². The Bertz CT molecular complexity index is 509. The van der Waals surface area contributed by atoms with E-state index in [-0.39, 0.29) is 11.9 Å². The fourth-order valence-corrected chi connectivity index (χ4v) is 2.03. The smallest absolute Gasteiger partial charge is 0.222 e. The van der Waals surface area contributed by atoms with Gasteiger partial charge >= 0.3 is 0 Å². The van der Waals surface area contributed by atoms with Crippen molar-refractivity contribution in [2.24, 2.45) is 0 Å². The number of nitrogens with one attached hydrogen (secondary N) is 2. The van der Waals surface area contributed by atoms with E-state index in [1.807, 2.05) is 49.4 Å². The first kappa shape index (κ1) is 14.3. The van der Waals surface area contributed by atoms with Crippen LogP contribution in [0.1, 0.15) is 30.7 Å². The molecule has 0 saturated heterocycles. The molecule has 4 heteroatoms. The third-order valence-electron chi connectivity index (χ3n) is 3.04. The minimum Gasteiger partial charge on any atom is -0.467 e. The molecule has 0 spiro atoms. The molecule has 1 amide bonds. The first-order chi connectivity index (χ1) is 9.81. The second kappa shape index (κ2) is 7.50. The average molecular weight is 272 g/mol. The molecule has 0 radical (unpaired) electrons. The molecule has 20 heavy (non-hydrogen) atoms. The highest BCUT2D eigenvalue weighted by Gasteiger charge is 2.18. The maximum absolute atomic E-state index is 12.0. The number of benzene rings is 1. The maximum Gasteiger partial charge on any atom is 0.222 e. The molecule has 1 aromatic heterocycles. The summed E-state index contributed by atoms with van der Waals surface area (Å²) in [5.74, 6) is 0.754. The number of carbonyl (C=O) groups excluding carboxylic acids is 1. The third-order valence-corrected chi connectivity index (χ3v) is 3.04. The van der Waals surface area contributed by atoms with E-state index in [0.29, 0.717) is 13.0 Å². The highest BCUT2D eigenvalue weighted by Crippen LogP contribution is 2.22. The topological polar surface area (TPSA) is 54.3 Å². The Morgan fingerprint density at radius 1 is 1.20 bits per heavy atom. The lowest BCUT2D eigenvalue weighted by atomic mass is 10.0. The lowest BCUT2D eigenvalue weighted by Gasteiger charge is -2.17. The lowest BCUT2D eigenvalue weighted by molar-refractivity contribution is -0.121. The Morgan fingerprint density at radius 3 is 2.65 bits per heavy atom. The molecular weight excluding hydrogens is 252 g/mol. The van der Waals surface area contributed by atoms with E-state index in [1.165, 1.54) is 0 Å². The lowest BCUT2D eigenvalue weighted by Crippen LogP contribution is -2.31. The van der Waals surface area contributed by atoms with Crippen molar-refractivity contribution in [1.82, 2.24) is 10.6 Å². The Morgan fingerprint density at radius 2 is 2.00 bits per heavy atom. The van der Waals surface area contributed by atoms with E-state index < -0.39 is 0 Å². The van der Waals surface area contributed by atoms with Crippen molar-refractivity contribution in [3.8, 4) is 0 Å². The van der Waals surface area contributed by atoms with Crippen LogP contribution >= 0.6 is 0 Å². The van der Waals surface area contributed by atoms with Crippen molar-refractivity contribution in [3.63, 3.8) is 0 Å². The van der Waals surface area contributed by atoms with Crippen molar-refractivity contribution < 1.29 is 9.21 Å². The predicted molar refractivity (Wildman–Crippen MR) is 78.3 cm³/mol. The molecule has 1 heterocycles. The molecule has 1 atom stereocenters. The number of hydrogen-bond acceptors (Lipinski definition) is 3. The van der Waals surface area contributed by atoms with E-state index in [1.54, 1.807) is 6.26 Å². The molecule has 0 aliphatic heterocycles. The number of hydrogen-bond donors (Lipinski definition) is 2. The maximum atomic E-state index is 12.0. The van der Waals surface area contributed by atoms with E-state index in [9.17, 15) is 4.79 Å². The van der Waals surface area contributed by atoms with E-state index in [2.05, 4.69) is 10.6 Å². The zero-order valence-corrected chi connectivity index (χ0v) is 11.6. The quantitative estimate of drug-likeness (QED) is 0.761. The van der Waals surface area contributed by atoms with Crippen molar-refractivity contribution >= 4 is 5.91 Å². The van der Waals surface area contributed by atoms with Crippen LogP contribution in [0, 0.1) is 0 Å². The molecule has 0 aliphatic carbocycles. The molecule has 1 aromatic carbocycles.